The summed E-state index contributed by atoms with van der Waals surface area (Å²) in [6.45, 7) is 1.77. The number of pyridine rings is 1. The Morgan fingerprint density at radius 3 is 2.60 bits per heavy atom. The normalized spacial score (nSPS) is 11.4. The van der Waals surface area contributed by atoms with Crippen molar-refractivity contribution in [3.05, 3.63) is 54.0 Å². The van der Waals surface area contributed by atoms with Gasteiger partial charge in [0.2, 0.25) is 11.1 Å². The van der Waals surface area contributed by atoms with Gasteiger partial charge in [0.15, 0.2) is 0 Å². The summed E-state index contributed by atoms with van der Waals surface area (Å²) in [6, 6.07) is 9.48. The lowest BCUT2D eigenvalue weighted by Crippen LogP contribution is -2.23. The van der Waals surface area contributed by atoms with Gasteiger partial charge in [-0.25, -0.2) is 4.98 Å². The zero-order chi connectivity index (χ0) is 21.7. The number of rotatable bonds is 7. The van der Waals surface area contributed by atoms with Crippen LogP contribution in [0.15, 0.2) is 52.8 Å². The van der Waals surface area contributed by atoms with Gasteiger partial charge in [-0.2, -0.15) is 13.2 Å². The molecule has 0 fully saturated rings. The summed E-state index contributed by atoms with van der Waals surface area (Å²) in [7, 11) is 1.53. The first kappa shape index (κ1) is 21.6. The Morgan fingerprint density at radius 2 is 1.97 bits per heavy atom. The van der Waals surface area contributed by atoms with Crippen molar-refractivity contribution in [2.45, 2.75) is 29.7 Å². The average molecular weight is 437 g/mol. The summed E-state index contributed by atoms with van der Waals surface area (Å²) in [5, 5.41) is 11.8. The van der Waals surface area contributed by atoms with Gasteiger partial charge in [0.1, 0.15) is 16.6 Å². The maximum Gasteiger partial charge on any atom is 0.417 e. The maximum atomic E-state index is 12.8. The van der Waals surface area contributed by atoms with Crippen molar-refractivity contribution < 1.29 is 22.7 Å². The molecule has 1 amide bonds. The molecule has 7 nitrogen and oxygen atoms in total. The van der Waals surface area contributed by atoms with E-state index >= 15 is 0 Å². The fraction of sp³-hybridized carbons (Fsp3) is 0.263. The number of carbonyl (C=O) groups is 1. The Hall–Kier alpha value is -3.08. The van der Waals surface area contributed by atoms with E-state index in [9.17, 15) is 18.0 Å². The average Bonchev–Trinajstić information content (AvgIpc) is 3.09. The molecule has 0 aliphatic rings. The van der Waals surface area contributed by atoms with Crippen LogP contribution in [0.1, 0.15) is 18.3 Å². The molecule has 11 heteroatoms. The summed E-state index contributed by atoms with van der Waals surface area (Å²) in [6.07, 6.45) is -3.28. The second-order valence-corrected chi connectivity index (χ2v) is 7.11. The molecule has 0 aliphatic heterocycles. The molecule has 3 aromatic rings. The van der Waals surface area contributed by atoms with E-state index in [0.717, 1.165) is 24.0 Å². The minimum atomic E-state index is -4.45. The number of methoxy groups -OCH3 is 1. The molecule has 2 aromatic heterocycles. The Bertz CT molecular complexity index is 1020. The van der Waals surface area contributed by atoms with Crippen LogP contribution in [0, 0.1) is 0 Å². The van der Waals surface area contributed by atoms with E-state index in [0.29, 0.717) is 40.4 Å². The second kappa shape index (κ2) is 9.16. The van der Waals surface area contributed by atoms with Crippen LogP contribution in [0.3, 0.4) is 0 Å². The van der Waals surface area contributed by atoms with Gasteiger partial charge >= 0.3 is 6.18 Å². The molecular formula is C19H18F3N5O2S. The third-order valence-electron chi connectivity index (χ3n) is 4.01. The molecule has 158 valence electrons. The number of amides is 1. The minimum absolute atomic E-state index is 0.165. The van der Waals surface area contributed by atoms with Gasteiger partial charge in [-0.1, -0.05) is 12.1 Å². The summed E-state index contributed by atoms with van der Waals surface area (Å²) in [5.41, 5.74) is -0.161. The third-order valence-corrected chi connectivity index (χ3v) is 4.91. The Balaban J connectivity index is 1.95. The minimum Gasteiger partial charge on any atom is -0.495 e. The highest BCUT2D eigenvalue weighted by Gasteiger charge is 2.30. The van der Waals surface area contributed by atoms with Gasteiger partial charge in [0.05, 0.1) is 18.4 Å². The first-order chi connectivity index (χ1) is 14.3. The van der Waals surface area contributed by atoms with Crippen LogP contribution in [0.25, 0.3) is 5.69 Å². The molecular weight excluding hydrogens is 419 g/mol. The van der Waals surface area contributed by atoms with Crippen LogP contribution in [-0.2, 0) is 17.4 Å². The molecule has 0 saturated carbocycles. The summed E-state index contributed by atoms with van der Waals surface area (Å²) < 4.78 is 45.5. The molecule has 0 spiro atoms. The summed E-state index contributed by atoms with van der Waals surface area (Å²) in [4.78, 5) is 15.1. The van der Waals surface area contributed by atoms with Crippen molar-refractivity contribution in [1.29, 1.82) is 0 Å². The fourth-order valence-electron chi connectivity index (χ4n) is 2.64. The highest BCUT2D eigenvalue weighted by molar-refractivity contribution is 7.99. The second-order valence-electron chi connectivity index (χ2n) is 6.12. The smallest absolute Gasteiger partial charge is 0.417 e. The first-order valence-electron chi connectivity index (χ1n) is 8.83. The number of nitrogens with one attached hydrogen (secondary N) is 1. The van der Waals surface area contributed by atoms with Crippen molar-refractivity contribution >= 4 is 17.7 Å². The van der Waals surface area contributed by atoms with E-state index in [4.69, 9.17) is 4.74 Å². The van der Waals surface area contributed by atoms with E-state index < -0.39 is 11.7 Å². The molecule has 30 heavy (non-hydrogen) atoms. The van der Waals surface area contributed by atoms with E-state index in [2.05, 4.69) is 20.5 Å². The molecule has 1 N–H and O–H groups in total. The van der Waals surface area contributed by atoms with Crippen LogP contribution in [-0.4, -0.2) is 39.3 Å². The van der Waals surface area contributed by atoms with E-state index in [-0.39, 0.29) is 5.91 Å². The molecule has 1 aromatic carbocycles. The molecule has 3 rings (SSSR count). The Labute approximate surface area is 174 Å². The lowest BCUT2D eigenvalue weighted by Gasteiger charge is -2.14. The largest absolute Gasteiger partial charge is 0.495 e. The quantitative estimate of drug-likeness (QED) is 0.609. The molecule has 0 saturated heterocycles. The van der Waals surface area contributed by atoms with Gasteiger partial charge in [-0.05, 0) is 36.0 Å². The predicted molar refractivity (Wildman–Crippen MR) is 104 cm³/mol. The fourth-order valence-corrected chi connectivity index (χ4v) is 3.44. The van der Waals surface area contributed by atoms with Crippen LogP contribution >= 0.6 is 11.8 Å². The number of para-hydroxylation sites is 2. The Morgan fingerprint density at radius 1 is 1.20 bits per heavy atom. The zero-order valence-corrected chi connectivity index (χ0v) is 16.9. The molecule has 2 heterocycles. The van der Waals surface area contributed by atoms with Crippen molar-refractivity contribution in [2.75, 3.05) is 13.7 Å². The first-order valence-corrected chi connectivity index (χ1v) is 9.64. The topological polar surface area (TPSA) is 81.9 Å². The molecule has 0 bridgehead atoms. The van der Waals surface area contributed by atoms with Crippen LogP contribution in [0.2, 0.25) is 0 Å². The monoisotopic (exact) mass is 437 g/mol. The SMILES string of the molecule is COc1ccccc1-n1c(CCNC(C)=O)nnc1Sc1ccc(C(F)(F)F)cn1. The van der Waals surface area contributed by atoms with E-state index in [1.54, 1.807) is 10.6 Å². The molecule has 0 aliphatic carbocycles. The summed E-state index contributed by atoms with van der Waals surface area (Å²) in [5.74, 6) is 0.963. The maximum absolute atomic E-state index is 12.8. The third kappa shape index (κ3) is 5.09. The number of hydrogen-bond acceptors (Lipinski definition) is 6. The van der Waals surface area contributed by atoms with E-state index in [1.807, 2.05) is 18.2 Å². The molecule has 0 atom stereocenters. The van der Waals surface area contributed by atoms with E-state index in [1.165, 1.54) is 20.1 Å². The lowest BCUT2D eigenvalue weighted by molar-refractivity contribution is -0.137. The number of ether oxygens (including phenoxy) is 1. The summed E-state index contributed by atoms with van der Waals surface area (Å²) >= 11 is 1.08. The molecule has 0 radical (unpaired) electrons. The van der Waals surface area contributed by atoms with Crippen LogP contribution in [0.5, 0.6) is 5.75 Å². The number of carbonyl (C=O) groups excluding carboxylic acids is 1. The molecule has 0 unspecified atom stereocenters. The Kier molecular flexibility index (Phi) is 6.60. The van der Waals surface area contributed by atoms with Gasteiger partial charge in [0, 0.05) is 26.1 Å². The number of nitrogens with zero attached hydrogens (tertiary/aromatic N) is 4. The van der Waals surface area contributed by atoms with Crippen LogP contribution in [0.4, 0.5) is 13.2 Å². The van der Waals surface area contributed by atoms with Crippen LogP contribution < -0.4 is 10.1 Å². The standard InChI is InChI=1S/C19H18F3N5O2S/c1-12(28)23-10-9-16-25-26-18(27(16)14-5-3-4-6-15(14)29-2)30-17-8-7-13(11-24-17)19(20,21)22/h3-8,11H,9-10H2,1-2H3,(H,23,28). The highest BCUT2D eigenvalue weighted by atomic mass is 32.2. The number of alkyl halides is 3. The van der Waals surface area contributed by atoms with Crippen molar-refractivity contribution in [2.24, 2.45) is 0 Å². The lowest BCUT2D eigenvalue weighted by atomic mass is 10.2. The zero-order valence-electron chi connectivity index (χ0n) is 16.1. The number of aromatic nitrogens is 4. The van der Waals surface area contributed by atoms with Gasteiger partial charge in [-0.15, -0.1) is 10.2 Å². The van der Waals surface area contributed by atoms with Crippen molar-refractivity contribution in [1.82, 2.24) is 25.1 Å². The number of halogens is 3. The van der Waals surface area contributed by atoms with Crippen molar-refractivity contribution in [3.63, 3.8) is 0 Å². The van der Waals surface area contributed by atoms with Gasteiger partial charge in [0.25, 0.3) is 0 Å². The van der Waals surface area contributed by atoms with Crippen molar-refractivity contribution in [3.8, 4) is 11.4 Å². The highest BCUT2D eigenvalue weighted by Crippen LogP contribution is 2.33. The number of benzene rings is 1. The predicted octanol–water partition coefficient (Wildman–Crippen LogP) is 3.52. The number of hydrogen-bond donors (Lipinski definition) is 1. The van der Waals surface area contributed by atoms with Gasteiger partial charge < -0.3 is 10.1 Å². The van der Waals surface area contributed by atoms with Gasteiger partial charge in [-0.3, -0.25) is 9.36 Å².